The largest absolute Gasteiger partial charge is 0.507 e. The lowest BCUT2D eigenvalue weighted by Crippen LogP contribution is -2.19. The molecule has 0 aliphatic heterocycles. The predicted octanol–water partition coefficient (Wildman–Crippen LogP) is 1.64. The van der Waals surface area contributed by atoms with Crippen molar-refractivity contribution in [2.75, 3.05) is 6.54 Å². The number of phenolic OH excluding ortho intramolecular Hbond substituents is 1. The molecule has 0 radical (unpaired) electrons. The van der Waals surface area contributed by atoms with Crippen LogP contribution in [0, 0.1) is 11.8 Å². The van der Waals surface area contributed by atoms with Crippen LogP contribution in [0.4, 0.5) is 0 Å². The van der Waals surface area contributed by atoms with Crippen molar-refractivity contribution in [3.8, 4) is 17.6 Å². The van der Waals surface area contributed by atoms with Crippen LogP contribution in [0.5, 0.6) is 5.75 Å². The SMILES string of the molecule is CC(=O)NCC#Cc1ccc(Br)cc1O. The molecule has 0 aliphatic rings. The molecule has 0 atom stereocenters. The Hall–Kier alpha value is -1.47. The zero-order valence-electron chi connectivity index (χ0n) is 8.17. The van der Waals surface area contributed by atoms with E-state index in [4.69, 9.17) is 0 Å². The van der Waals surface area contributed by atoms with E-state index in [1.54, 1.807) is 18.2 Å². The molecule has 0 saturated carbocycles. The number of aromatic hydroxyl groups is 1. The van der Waals surface area contributed by atoms with E-state index < -0.39 is 0 Å². The maximum Gasteiger partial charge on any atom is 0.217 e. The maximum atomic E-state index is 10.5. The van der Waals surface area contributed by atoms with E-state index in [-0.39, 0.29) is 18.2 Å². The van der Waals surface area contributed by atoms with Gasteiger partial charge in [0.1, 0.15) is 5.75 Å². The first kappa shape index (κ1) is 11.6. The number of carbonyl (C=O) groups is 1. The second-order valence-corrected chi connectivity index (χ2v) is 3.79. The van der Waals surface area contributed by atoms with Gasteiger partial charge in [0.2, 0.25) is 5.91 Å². The van der Waals surface area contributed by atoms with Gasteiger partial charge >= 0.3 is 0 Å². The van der Waals surface area contributed by atoms with Crippen molar-refractivity contribution in [1.29, 1.82) is 0 Å². The van der Waals surface area contributed by atoms with Gasteiger partial charge < -0.3 is 10.4 Å². The topological polar surface area (TPSA) is 49.3 Å². The second-order valence-electron chi connectivity index (χ2n) is 2.87. The third kappa shape index (κ3) is 4.05. The first-order valence-electron chi connectivity index (χ1n) is 4.31. The number of benzene rings is 1. The second kappa shape index (κ2) is 5.42. The van der Waals surface area contributed by atoms with Gasteiger partial charge in [-0.1, -0.05) is 27.8 Å². The summed E-state index contributed by atoms with van der Waals surface area (Å²) in [6.07, 6.45) is 0. The molecule has 0 aliphatic carbocycles. The lowest BCUT2D eigenvalue weighted by atomic mass is 10.2. The average Bonchev–Trinajstić information content (AvgIpc) is 2.14. The van der Waals surface area contributed by atoms with E-state index in [0.29, 0.717) is 5.56 Å². The van der Waals surface area contributed by atoms with Gasteiger partial charge in [0.25, 0.3) is 0 Å². The van der Waals surface area contributed by atoms with Crippen LogP contribution in [-0.2, 0) is 4.79 Å². The monoisotopic (exact) mass is 267 g/mol. The zero-order valence-corrected chi connectivity index (χ0v) is 9.76. The van der Waals surface area contributed by atoms with Gasteiger partial charge in [-0.3, -0.25) is 4.79 Å². The number of nitrogens with one attached hydrogen (secondary N) is 1. The molecule has 0 aromatic heterocycles. The fourth-order valence-electron chi connectivity index (χ4n) is 0.919. The molecule has 0 unspecified atom stereocenters. The van der Waals surface area contributed by atoms with E-state index in [1.165, 1.54) is 6.92 Å². The Morgan fingerprint density at radius 1 is 1.60 bits per heavy atom. The molecule has 3 nitrogen and oxygen atoms in total. The summed E-state index contributed by atoms with van der Waals surface area (Å²) in [5.74, 6) is 5.50. The number of halogens is 1. The third-order valence-corrected chi connectivity index (χ3v) is 2.10. The van der Waals surface area contributed by atoms with Gasteiger partial charge in [0.05, 0.1) is 12.1 Å². The molecule has 0 saturated heterocycles. The Morgan fingerprint density at radius 2 is 2.33 bits per heavy atom. The molecule has 1 rings (SSSR count). The fourth-order valence-corrected chi connectivity index (χ4v) is 1.27. The summed E-state index contributed by atoms with van der Waals surface area (Å²) in [4.78, 5) is 10.5. The van der Waals surface area contributed by atoms with Crippen LogP contribution in [0.15, 0.2) is 22.7 Å². The van der Waals surface area contributed by atoms with Crippen LogP contribution in [0.3, 0.4) is 0 Å². The molecule has 0 bridgehead atoms. The highest BCUT2D eigenvalue weighted by molar-refractivity contribution is 9.10. The van der Waals surface area contributed by atoms with Crippen molar-refractivity contribution in [2.24, 2.45) is 0 Å². The smallest absolute Gasteiger partial charge is 0.217 e. The quantitative estimate of drug-likeness (QED) is 0.761. The lowest BCUT2D eigenvalue weighted by molar-refractivity contribution is -0.118. The van der Waals surface area contributed by atoms with Gasteiger partial charge in [-0.2, -0.15) is 0 Å². The summed E-state index contributed by atoms with van der Waals surface area (Å²) in [5, 5.41) is 12.0. The van der Waals surface area contributed by atoms with Crippen molar-refractivity contribution in [3.63, 3.8) is 0 Å². The Kier molecular flexibility index (Phi) is 4.19. The van der Waals surface area contributed by atoms with Gasteiger partial charge in [0, 0.05) is 11.4 Å². The van der Waals surface area contributed by atoms with Crippen LogP contribution in [0.25, 0.3) is 0 Å². The Balaban J connectivity index is 2.67. The van der Waals surface area contributed by atoms with Crippen LogP contribution < -0.4 is 5.32 Å². The molecule has 0 heterocycles. The molecular formula is C11H10BrNO2. The molecule has 15 heavy (non-hydrogen) atoms. The highest BCUT2D eigenvalue weighted by atomic mass is 79.9. The van der Waals surface area contributed by atoms with Crippen LogP contribution in [0.1, 0.15) is 12.5 Å². The minimum absolute atomic E-state index is 0.121. The number of carbonyl (C=O) groups excluding carboxylic acids is 1. The van der Waals surface area contributed by atoms with E-state index in [9.17, 15) is 9.90 Å². The molecule has 0 spiro atoms. The average molecular weight is 268 g/mol. The lowest BCUT2D eigenvalue weighted by Gasteiger charge is -1.97. The Bertz CT molecular complexity index is 432. The number of hydrogen-bond acceptors (Lipinski definition) is 2. The van der Waals surface area contributed by atoms with Gasteiger partial charge in [-0.05, 0) is 18.2 Å². The standard InChI is InChI=1S/C11H10BrNO2/c1-8(14)13-6-2-3-9-4-5-10(12)7-11(9)15/h4-5,7,15H,6H2,1H3,(H,13,14). The molecule has 78 valence electrons. The van der Waals surface area contributed by atoms with Crippen molar-refractivity contribution in [3.05, 3.63) is 28.2 Å². The summed E-state index contributed by atoms with van der Waals surface area (Å²) in [6, 6.07) is 5.07. The first-order chi connectivity index (χ1) is 7.09. The van der Waals surface area contributed by atoms with Gasteiger partial charge in [-0.25, -0.2) is 0 Å². The fraction of sp³-hybridized carbons (Fsp3) is 0.182. The summed E-state index contributed by atoms with van der Waals surface area (Å²) in [6.45, 7) is 1.71. The third-order valence-electron chi connectivity index (χ3n) is 1.61. The first-order valence-corrected chi connectivity index (χ1v) is 5.10. The number of amides is 1. The molecule has 0 fully saturated rings. The van der Waals surface area contributed by atoms with Crippen molar-refractivity contribution >= 4 is 21.8 Å². The minimum atomic E-state index is -0.121. The van der Waals surface area contributed by atoms with Crippen molar-refractivity contribution < 1.29 is 9.90 Å². The molecule has 4 heteroatoms. The maximum absolute atomic E-state index is 10.5. The summed E-state index contributed by atoms with van der Waals surface area (Å²) in [7, 11) is 0. The number of rotatable bonds is 1. The van der Waals surface area contributed by atoms with E-state index in [2.05, 4.69) is 33.1 Å². The van der Waals surface area contributed by atoms with Gasteiger partial charge in [0.15, 0.2) is 0 Å². The van der Waals surface area contributed by atoms with E-state index in [1.807, 2.05) is 0 Å². The normalized spacial score (nSPS) is 8.93. The van der Waals surface area contributed by atoms with E-state index in [0.717, 1.165) is 4.47 Å². The zero-order chi connectivity index (χ0) is 11.3. The highest BCUT2D eigenvalue weighted by Crippen LogP contribution is 2.20. The number of phenols is 1. The van der Waals surface area contributed by atoms with Crippen molar-refractivity contribution in [2.45, 2.75) is 6.92 Å². The van der Waals surface area contributed by atoms with Crippen molar-refractivity contribution in [1.82, 2.24) is 5.32 Å². The summed E-state index contributed by atoms with van der Waals surface area (Å²) >= 11 is 3.23. The molecule has 1 amide bonds. The van der Waals surface area contributed by atoms with Gasteiger partial charge in [-0.15, -0.1) is 0 Å². The van der Waals surface area contributed by atoms with Crippen LogP contribution in [0.2, 0.25) is 0 Å². The minimum Gasteiger partial charge on any atom is -0.507 e. The predicted molar refractivity (Wildman–Crippen MR) is 61.4 cm³/mol. The Labute approximate surface area is 96.6 Å². The number of hydrogen-bond donors (Lipinski definition) is 2. The summed E-state index contributed by atoms with van der Waals surface area (Å²) in [5.41, 5.74) is 0.545. The van der Waals surface area contributed by atoms with Crippen LogP contribution in [-0.4, -0.2) is 17.6 Å². The summed E-state index contributed by atoms with van der Waals surface area (Å²) < 4.78 is 0.799. The highest BCUT2D eigenvalue weighted by Gasteiger charge is 1.97. The molecule has 1 aromatic carbocycles. The Morgan fingerprint density at radius 3 is 2.93 bits per heavy atom. The van der Waals surface area contributed by atoms with Crippen LogP contribution >= 0.6 is 15.9 Å². The van der Waals surface area contributed by atoms with E-state index >= 15 is 0 Å². The molecular weight excluding hydrogens is 258 g/mol. The molecule has 2 N–H and O–H groups in total. The molecule has 1 aromatic rings.